The molecule has 3 heteroatoms. The average molecular weight is 217 g/mol. The van der Waals surface area contributed by atoms with Crippen molar-refractivity contribution in [1.29, 1.82) is 5.26 Å². The molecule has 0 unspecified atom stereocenters. The van der Waals surface area contributed by atoms with Crippen LogP contribution in [0, 0.1) is 16.7 Å². The second kappa shape index (κ2) is 5.09. The Bertz CT molecular complexity index is 385. The zero-order valence-corrected chi connectivity index (χ0v) is 10.5. The normalized spacial score (nSPS) is 11.5. The molecular formula is C13H19N3. The fraction of sp³-hybridized carbons (Fsp3) is 0.538. The number of hydrogen-bond acceptors (Lipinski definition) is 3. The van der Waals surface area contributed by atoms with E-state index >= 15 is 0 Å². The first-order chi connectivity index (χ1) is 7.42. The van der Waals surface area contributed by atoms with Crippen LogP contribution in [0.25, 0.3) is 0 Å². The summed E-state index contributed by atoms with van der Waals surface area (Å²) in [5, 5.41) is 8.93. The first-order valence-corrected chi connectivity index (χ1v) is 5.45. The lowest BCUT2D eigenvalue weighted by Crippen LogP contribution is -2.29. The highest BCUT2D eigenvalue weighted by Gasteiger charge is 2.14. The quantitative estimate of drug-likeness (QED) is 0.780. The molecule has 0 bridgehead atoms. The van der Waals surface area contributed by atoms with Crippen molar-refractivity contribution in [2.45, 2.75) is 27.3 Å². The van der Waals surface area contributed by atoms with Gasteiger partial charge >= 0.3 is 0 Å². The molecule has 1 heterocycles. The van der Waals surface area contributed by atoms with E-state index in [1.165, 1.54) is 0 Å². The molecule has 0 aliphatic carbocycles. The Balaban J connectivity index is 2.70. The molecule has 0 N–H and O–H groups in total. The molecule has 1 aromatic heterocycles. The molecule has 1 aromatic rings. The van der Waals surface area contributed by atoms with Crippen molar-refractivity contribution < 1.29 is 0 Å². The molecule has 0 aromatic carbocycles. The maximum atomic E-state index is 8.93. The minimum atomic E-state index is 0.268. The number of pyridine rings is 1. The van der Waals surface area contributed by atoms with Gasteiger partial charge in [0.25, 0.3) is 0 Å². The van der Waals surface area contributed by atoms with Crippen molar-refractivity contribution in [2.24, 2.45) is 5.41 Å². The standard InChI is InChI=1S/C13H19N3/c1-13(2,3)10-16(4)9-11-6-5-7-15-12(11)8-14/h5-7H,9-10H2,1-4H3. The molecule has 1 rings (SSSR count). The van der Waals surface area contributed by atoms with E-state index < -0.39 is 0 Å². The van der Waals surface area contributed by atoms with Crippen LogP contribution in [-0.2, 0) is 6.54 Å². The largest absolute Gasteiger partial charge is 0.301 e. The van der Waals surface area contributed by atoms with E-state index in [0.717, 1.165) is 18.7 Å². The van der Waals surface area contributed by atoms with Crippen LogP contribution in [0.3, 0.4) is 0 Å². The van der Waals surface area contributed by atoms with Crippen LogP contribution in [0.15, 0.2) is 18.3 Å². The Hall–Kier alpha value is -1.40. The summed E-state index contributed by atoms with van der Waals surface area (Å²) in [6.45, 7) is 8.38. The molecule has 0 amide bonds. The fourth-order valence-electron chi connectivity index (χ4n) is 1.82. The summed E-state index contributed by atoms with van der Waals surface area (Å²) in [6.07, 6.45) is 1.66. The van der Waals surface area contributed by atoms with E-state index in [1.54, 1.807) is 6.20 Å². The monoisotopic (exact) mass is 217 g/mol. The van der Waals surface area contributed by atoms with Crippen molar-refractivity contribution in [2.75, 3.05) is 13.6 Å². The molecule has 3 nitrogen and oxygen atoms in total. The highest BCUT2D eigenvalue weighted by molar-refractivity contribution is 5.30. The first-order valence-electron chi connectivity index (χ1n) is 5.45. The van der Waals surface area contributed by atoms with Gasteiger partial charge in [0.2, 0.25) is 0 Å². The number of nitrogens with zero attached hydrogens (tertiary/aromatic N) is 3. The zero-order chi connectivity index (χ0) is 12.2. The maximum absolute atomic E-state index is 8.93. The average Bonchev–Trinajstić information content (AvgIpc) is 2.15. The Morgan fingerprint density at radius 2 is 2.12 bits per heavy atom. The third-order valence-corrected chi connectivity index (χ3v) is 2.18. The highest BCUT2D eigenvalue weighted by Crippen LogP contribution is 2.16. The van der Waals surface area contributed by atoms with E-state index in [0.29, 0.717) is 5.69 Å². The lowest BCUT2D eigenvalue weighted by atomic mass is 9.96. The summed E-state index contributed by atoms with van der Waals surface area (Å²) in [6, 6.07) is 5.97. The Labute approximate surface area is 97.7 Å². The molecule has 0 saturated carbocycles. The van der Waals surface area contributed by atoms with Crippen LogP contribution >= 0.6 is 0 Å². The smallest absolute Gasteiger partial charge is 0.144 e. The molecule has 0 atom stereocenters. The van der Waals surface area contributed by atoms with Crippen molar-refractivity contribution in [1.82, 2.24) is 9.88 Å². The van der Waals surface area contributed by atoms with E-state index in [1.807, 2.05) is 12.1 Å². The molecule has 0 spiro atoms. The van der Waals surface area contributed by atoms with Crippen molar-refractivity contribution in [3.05, 3.63) is 29.6 Å². The van der Waals surface area contributed by atoms with Crippen LogP contribution in [0.1, 0.15) is 32.0 Å². The summed E-state index contributed by atoms with van der Waals surface area (Å²) in [5.74, 6) is 0. The predicted molar refractivity (Wildman–Crippen MR) is 64.7 cm³/mol. The summed E-state index contributed by atoms with van der Waals surface area (Å²) in [5.41, 5.74) is 1.80. The molecule has 86 valence electrons. The van der Waals surface area contributed by atoms with Gasteiger partial charge < -0.3 is 4.90 Å². The van der Waals surface area contributed by atoms with Crippen LogP contribution in [-0.4, -0.2) is 23.5 Å². The number of nitriles is 1. The minimum absolute atomic E-state index is 0.268. The van der Waals surface area contributed by atoms with Gasteiger partial charge in [-0.25, -0.2) is 4.98 Å². The topological polar surface area (TPSA) is 39.9 Å². The summed E-state index contributed by atoms with van der Waals surface area (Å²) in [4.78, 5) is 6.28. The van der Waals surface area contributed by atoms with Crippen LogP contribution < -0.4 is 0 Å². The molecular weight excluding hydrogens is 198 g/mol. The van der Waals surface area contributed by atoms with Crippen LogP contribution in [0.4, 0.5) is 0 Å². The molecule has 0 saturated heterocycles. The van der Waals surface area contributed by atoms with Crippen LogP contribution in [0.5, 0.6) is 0 Å². The lowest BCUT2D eigenvalue weighted by Gasteiger charge is -2.26. The second-order valence-corrected chi connectivity index (χ2v) is 5.36. The third kappa shape index (κ3) is 4.00. The van der Waals surface area contributed by atoms with Gasteiger partial charge in [0.1, 0.15) is 11.8 Å². The lowest BCUT2D eigenvalue weighted by molar-refractivity contribution is 0.220. The number of aromatic nitrogens is 1. The second-order valence-electron chi connectivity index (χ2n) is 5.36. The van der Waals surface area contributed by atoms with E-state index in [9.17, 15) is 0 Å². The molecule has 0 aliphatic heterocycles. The van der Waals surface area contributed by atoms with Gasteiger partial charge in [0, 0.05) is 24.8 Å². The summed E-state index contributed by atoms with van der Waals surface area (Å²) >= 11 is 0. The first kappa shape index (κ1) is 12.7. The van der Waals surface area contributed by atoms with E-state index in [2.05, 4.69) is 43.8 Å². The zero-order valence-electron chi connectivity index (χ0n) is 10.5. The van der Waals surface area contributed by atoms with E-state index in [4.69, 9.17) is 5.26 Å². The van der Waals surface area contributed by atoms with Crippen molar-refractivity contribution in [3.63, 3.8) is 0 Å². The Kier molecular flexibility index (Phi) is 4.03. The van der Waals surface area contributed by atoms with Crippen LogP contribution in [0.2, 0.25) is 0 Å². The van der Waals surface area contributed by atoms with Gasteiger partial charge in [0.15, 0.2) is 0 Å². The Morgan fingerprint density at radius 3 is 2.69 bits per heavy atom. The molecule has 0 aliphatic rings. The number of rotatable bonds is 3. The van der Waals surface area contributed by atoms with E-state index in [-0.39, 0.29) is 5.41 Å². The van der Waals surface area contributed by atoms with Gasteiger partial charge in [-0.1, -0.05) is 26.8 Å². The molecule has 0 fully saturated rings. The highest BCUT2D eigenvalue weighted by atomic mass is 15.1. The van der Waals surface area contributed by atoms with Gasteiger partial charge in [-0.05, 0) is 18.5 Å². The third-order valence-electron chi connectivity index (χ3n) is 2.18. The summed E-state index contributed by atoms with van der Waals surface area (Å²) < 4.78 is 0. The summed E-state index contributed by atoms with van der Waals surface area (Å²) in [7, 11) is 2.07. The van der Waals surface area contributed by atoms with Gasteiger partial charge in [-0.15, -0.1) is 0 Å². The predicted octanol–water partition coefficient (Wildman–Crippen LogP) is 2.43. The SMILES string of the molecule is CN(Cc1cccnc1C#N)CC(C)(C)C. The minimum Gasteiger partial charge on any atom is -0.301 e. The van der Waals surface area contributed by atoms with Gasteiger partial charge in [-0.2, -0.15) is 5.26 Å². The number of hydrogen-bond donors (Lipinski definition) is 0. The fourth-order valence-corrected chi connectivity index (χ4v) is 1.82. The Morgan fingerprint density at radius 1 is 1.44 bits per heavy atom. The molecule has 0 radical (unpaired) electrons. The van der Waals surface area contributed by atoms with Crippen molar-refractivity contribution >= 4 is 0 Å². The molecule has 16 heavy (non-hydrogen) atoms. The van der Waals surface area contributed by atoms with Gasteiger partial charge in [-0.3, -0.25) is 0 Å². The van der Waals surface area contributed by atoms with Gasteiger partial charge in [0.05, 0.1) is 0 Å². The van der Waals surface area contributed by atoms with Crippen molar-refractivity contribution in [3.8, 4) is 6.07 Å². The maximum Gasteiger partial charge on any atom is 0.144 e.